The predicted molar refractivity (Wildman–Crippen MR) is 69.5 cm³/mol. The summed E-state index contributed by atoms with van der Waals surface area (Å²) in [4.78, 5) is 10.8. The van der Waals surface area contributed by atoms with Crippen molar-refractivity contribution in [2.24, 2.45) is 11.0 Å². The van der Waals surface area contributed by atoms with E-state index in [9.17, 15) is 4.79 Å². The SMILES string of the molecule is CCCCC(CCC)/C(CC)=N\NC(C)=O. The van der Waals surface area contributed by atoms with E-state index >= 15 is 0 Å². The van der Waals surface area contributed by atoms with E-state index in [0.717, 1.165) is 12.1 Å². The van der Waals surface area contributed by atoms with Gasteiger partial charge in [-0.1, -0.05) is 40.0 Å². The molecule has 3 nitrogen and oxygen atoms in total. The summed E-state index contributed by atoms with van der Waals surface area (Å²) in [6.07, 6.45) is 6.92. The molecule has 0 radical (unpaired) electrons. The molecule has 0 aromatic rings. The molecule has 0 aromatic carbocycles. The van der Waals surface area contributed by atoms with Gasteiger partial charge in [0.1, 0.15) is 0 Å². The first kappa shape index (κ1) is 15.1. The molecule has 0 bridgehead atoms. The fourth-order valence-electron chi connectivity index (χ4n) is 1.89. The molecule has 3 heteroatoms. The van der Waals surface area contributed by atoms with Crippen molar-refractivity contribution in [2.45, 2.75) is 66.2 Å². The molecule has 0 heterocycles. The number of amides is 1. The molecule has 0 aliphatic carbocycles. The van der Waals surface area contributed by atoms with Crippen LogP contribution in [0.15, 0.2) is 5.10 Å². The van der Waals surface area contributed by atoms with Crippen molar-refractivity contribution in [3.8, 4) is 0 Å². The van der Waals surface area contributed by atoms with Gasteiger partial charge >= 0.3 is 0 Å². The van der Waals surface area contributed by atoms with Gasteiger partial charge in [-0.2, -0.15) is 5.10 Å². The van der Waals surface area contributed by atoms with Gasteiger partial charge in [-0.05, 0) is 25.2 Å². The lowest BCUT2D eigenvalue weighted by molar-refractivity contribution is -0.118. The number of nitrogens with zero attached hydrogens (tertiary/aromatic N) is 1. The van der Waals surface area contributed by atoms with Crippen molar-refractivity contribution in [2.75, 3.05) is 0 Å². The van der Waals surface area contributed by atoms with E-state index < -0.39 is 0 Å². The van der Waals surface area contributed by atoms with Gasteiger partial charge in [0.2, 0.25) is 5.91 Å². The lowest BCUT2D eigenvalue weighted by Gasteiger charge is -2.17. The average molecular weight is 226 g/mol. The van der Waals surface area contributed by atoms with Gasteiger partial charge in [-0.15, -0.1) is 0 Å². The summed E-state index contributed by atoms with van der Waals surface area (Å²) in [7, 11) is 0. The molecule has 0 aromatic heterocycles. The maximum absolute atomic E-state index is 10.8. The summed E-state index contributed by atoms with van der Waals surface area (Å²) in [5, 5.41) is 4.23. The van der Waals surface area contributed by atoms with E-state index in [-0.39, 0.29) is 5.91 Å². The molecule has 0 saturated heterocycles. The van der Waals surface area contributed by atoms with Crippen molar-refractivity contribution < 1.29 is 4.79 Å². The minimum absolute atomic E-state index is 0.0864. The summed E-state index contributed by atoms with van der Waals surface area (Å²) in [6.45, 7) is 8.01. The van der Waals surface area contributed by atoms with Gasteiger partial charge in [-0.25, -0.2) is 5.43 Å². The number of unbranched alkanes of at least 4 members (excludes halogenated alkanes) is 1. The quantitative estimate of drug-likeness (QED) is 0.499. The van der Waals surface area contributed by atoms with Crippen molar-refractivity contribution in [1.29, 1.82) is 0 Å². The summed E-state index contributed by atoms with van der Waals surface area (Å²) in [5.74, 6) is 0.457. The van der Waals surface area contributed by atoms with E-state index in [0.29, 0.717) is 5.92 Å². The fraction of sp³-hybridized carbons (Fsp3) is 0.846. The number of rotatable bonds is 8. The Morgan fingerprint density at radius 2 is 1.88 bits per heavy atom. The summed E-state index contributed by atoms with van der Waals surface area (Å²) < 4.78 is 0. The Hall–Kier alpha value is -0.860. The van der Waals surface area contributed by atoms with E-state index in [1.165, 1.54) is 39.0 Å². The largest absolute Gasteiger partial charge is 0.274 e. The molecule has 1 atom stereocenters. The Morgan fingerprint density at radius 3 is 2.31 bits per heavy atom. The Morgan fingerprint density at radius 1 is 1.19 bits per heavy atom. The zero-order chi connectivity index (χ0) is 12.4. The smallest absolute Gasteiger partial charge is 0.236 e. The number of hydrazone groups is 1. The number of hydrogen-bond acceptors (Lipinski definition) is 2. The highest BCUT2D eigenvalue weighted by Gasteiger charge is 2.13. The third-order valence-electron chi connectivity index (χ3n) is 2.73. The van der Waals surface area contributed by atoms with Crippen LogP contribution in [0, 0.1) is 5.92 Å². The first-order valence-corrected chi connectivity index (χ1v) is 6.48. The van der Waals surface area contributed by atoms with Crippen LogP contribution in [-0.2, 0) is 4.79 Å². The third kappa shape index (κ3) is 6.59. The second-order valence-electron chi connectivity index (χ2n) is 4.25. The van der Waals surface area contributed by atoms with Crippen molar-refractivity contribution in [1.82, 2.24) is 5.43 Å². The molecule has 0 fully saturated rings. The van der Waals surface area contributed by atoms with Crippen LogP contribution in [0.3, 0.4) is 0 Å². The van der Waals surface area contributed by atoms with Crippen molar-refractivity contribution in [3.05, 3.63) is 0 Å². The minimum atomic E-state index is -0.0864. The van der Waals surface area contributed by atoms with Crippen LogP contribution in [0.25, 0.3) is 0 Å². The van der Waals surface area contributed by atoms with Gasteiger partial charge in [0.05, 0.1) is 0 Å². The molecule has 1 unspecified atom stereocenters. The molecular weight excluding hydrogens is 200 g/mol. The summed E-state index contributed by atoms with van der Waals surface area (Å²) in [5.41, 5.74) is 3.70. The lowest BCUT2D eigenvalue weighted by atomic mass is 9.91. The van der Waals surface area contributed by atoms with E-state index in [4.69, 9.17) is 0 Å². The highest BCUT2D eigenvalue weighted by Crippen LogP contribution is 2.18. The normalized spacial score (nSPS) is 13.6. The van der Waals surface area contributed by atoms with Gasteiger partial charge in [0, 0.05) is 12.6 Å². The van der Waals surface area contributed by atoms with Crippen LogP contribution in [0.5, 0.6) is 0 Å². The van der Waals surface area contributed by atoms with Gasteiger partial charge in [0.25, 0.3) is 0 Å². The Kier molecular flexibility index (Phi) is 8.87. The minimum Gasteiger partial charge on any atom is -0.274 e. The van der Waals surface area contributed by atoms with Gasteiger partial charge in [0.15, 0.2) is 0 Å². The molecule has 1 N–H and O–H groups in total. The predicted octanol–water partition coefficient (Wildman–Crippen LogP) is 3.50. The molecule has 94 valence electrons. The zero-order valence-electron chi connectivity index (χ0n) is 11.2. The van der Waals surface area contributed by atoms with Crippen LogP contribution < -0.4 is 5.43 Å². The standard InChI is InChI=1S/C13H26N2O/c1-5-8-10-12(9-6-2)13(7-3)15-14-11(4)16/h12H,5-10H2,1-4H3,(H,14,16)/b15-13-. The van der Waals surface area contributed by atoms with Gasteiger partial charge in [-0.3, -0.25) is 4.79 Å². The maximum atomic E-state index is 10.8. The number of carbonyl (C=O) groups is 1. The molecule has 0 spiro atoms. The Balaban J connectivity index is 4.42. The topological polar surface area (TPSA) is 41.5 Å². The van der Waals surface area contributed by atoms with Crippen LogP contribution >= 0.6 is 0 Å². The van der Waals surface area contributed by atoms with Crippen LogP contribution in [0.4, 0.5) is 0 Å². The third-order valence-corrected chi connectivity index (χ3v) is 2.73. The maximum Gasteiger partial charge on any atom is 0.236 e. The van der Waals surface area contributed by atoms with Crippen LogP contribution in [0.1, 0.15) is 66.2 Å². The number of nitrogens with one attached hydrogen (secondary N) is 1. The van der Waals surface area contributed by atoms with E-state index in [1.807, 2.05) is 0 Å². The zero-order valence-corrected chi connectivity index (χ0v) is 11.2. The molecular formula is C13H26N2O. The van der Waals surface area contributed by atoms with E-state index in [2.05, 4.69) is 31.3 Å². The Labute approximate surface area is 99.7 Å². The fourth-order valence-corrected chi connectivity index (χ4v) is 1.89. The Bertz CT molecular complexity index is 224. The molecule has 16 heavy (non-hydrogen) atoms. The van der Waals surface area contributed by atoms with Crippen molar-refractivity contribution >= 4 is 11.6 Å². The number of carbonyl (C=O) groups excluding carboxylic acids is 1. The highest BCUT2D eigenvalue weighted by atomic mass is 16.2. The van der Waals surface area contributed by atoms with Crippen molar-refractivity contribution in [3.63, 3.8) is 0 Å². The second-order valence-corrected chi connectivity index (χ2v) is 4.25. The summed E-state index contributed by atoms with van der Waals surface area (Å²) >= 11 is 0. The van der Waals surface area contributed by atoms with Gasteiger partial charge < -0.3 is 0 Å². The first-order valence-electron chi connectivity index (χ1n) is 6.48. The monoisotopic (exact) mass is 226 g/mol. The second kappa shape index (κ2) is 9.37. The summed E-state index contributed by atoms with van der Waals surface area (Å²) in [6, 6.07) is 0. The average Bonchev–Trinajstić information content (AvgIpc) is 2.26. The lowest BCUT2D eigenvalue weighted by Crippen LogP contribution is -2.21. The molecule has 0 aliphatic rings. The highest BCUT2D eigenvalue weighted by molar-refractivity contribution is 5.87. The number of hydrogen-bond donors (Lipinski definition) is 1. The van der Waals surface area contributed by atoms with Crippen LogP contribution in [-0.4, -0.2) is 11.6 Å². The van der Waals surface area contributed by atoms with Crippen LogP contribution in [0.2, 0.25) is 0 Å². The molecule has 0 aliphatic heterocycles. The first-order chi connectivity index (χ1) is 7.65. The molecule has 1 amide bonds. The van der Waals surface area contributed by atoms with E-state index in [1.54, 1.807) is 0 Å². The molecule has 0 saturated carbocycles. The molecule has 0 rings (SSSR count).